The topological polar surface area (TPSA) is 20.2 Å². The summed E-state index contributed by atoms with van der Waals surface area (Å²) in [5.41, 5.74) is 7.97. The maximum absolute atomic E-state index is 11.6. The van der Waals surface area contributed by atoms with Crippen LogP contribution >= 0.6 is 0 Å². The van der Waals surface area contributed by atoms with Crippen molar-refractivity contribution >= 4 is 0 Å². The summed E-state index contributed by atoms with van der Waals surface area (Å²) >= 11 is 0. The van der Waals surface area contributed by atoms with Gasteiger partial charge in [0.1, 0.15) is 0 Å². The molecule has 3 aromatic carbocycles. The smallest absolute Gasteiger partial charge is 0.0684 e. The standard InChI is InChI=1S/C27H22O/c28-24-14-16-26-22-11-5-2-8-19(22)25(20-9-3-6-12-23(20)26)18-13-15-27(24,26)21-10-4-1-7-17(18)21/h1-13,15,18,24-25,28H,14,16H2/t18-,24+,25?,26?,27+/m1/s1. The molecule has 5 aliphatic rings. The van der Waals surface area contributed by atoms with E-state index in [-0.39, 0.29) is 11.5 Å². The van der Waals surface area contributed by atoms with Crippen molar-refractivity contribution in [3.8, 4) is 0 Å². The van der Waals surface area contributed by atoms with Crippen LogP contribution in [-0.2, 0) is 10.8 Å². The Labute approximate surface area is 165 Å². The Morgan fingerprint density at radius 3 is 1.96 bits per heavy atom. The zero-order valence-corrected chi connectivity index (χ0v) is 15.7. The number of benzene rings is 3. The molecule has 4 bridgehead atoms. The second-order valence-corrected chi connectivity index (χ2v) is 8.95. The number of allylic oxidation sites excluding steroid dienone is 1. The minimum atomic E-state index is -0.391. The van der Waals surface area contributed by atoms with Crippen molar-refractivity contribution in [1.29, 1.82) is 0 Å². The largest absolute Gasteiger partial charge is 0.392 e. The molecule has 3 aromatic rings. The predicted molar refractivity (Wildman–Crippen MR) is 111 cm³/mol. The summed E-state index contributed by atoms with van der Waals surface area (Å²) in [5.74, 6) is 0.654. The molecule has 136 valence electrons. The Bertz CT molecular complexity index is 1120. The van der Waals surface area contributed by atoms with Crippen LogP contribution in [0.4, 0.5) is 0 Å². The van der Waals surface area contributed by atoms with Crippen LogP contribution in [0.3, 0.4) is 0 Å². The molecule has 0 heterocycles. The molecule has 0 radical (unpaired) electrons. The van der Waals surface area contributed by atoms with E-state index < -0.39 is 5.41 Å². The molecule has 0 aliphatic heterocycles. The van der Waals surface area contributed by atoms with Crippen LogP contribution in [0.1, 0.15) is 58.1 Å². The van der Waals surface area contributed by atoms with Gasteiger partial charge in [0.15, 0.2) is 0 Å². The van der Waals surface area contributed by atoms with Gasteiger partial charge in [0, 0.05) is 17.3 Å². The molecule has 3 atom stereocenters. The van der Waals surface area contributed by atoms with Crippen LogP contribution in [0.15, 0.2) is 84.9 Å². The molecule has 0 amide bonds. The molecular weight excluding hydrogens is 340 g/mol. The van der Waals surface area contributed by atoms with Crippen molar-refractivity contribution in [2.24, 2.45) is 0 Å². The van der Waals surface area contributed by atoms with E-state index in [4.69, 9.17) is 0 Å². The summed E-state index contributed by atoms with van der Waals surface area (Å²) in [7, 11) is 0. The van der Waals surface area contributed by atoms with Gasteiger partial charge in [-0.1, -0.05) is 84.9 Å². The lowest BCUT2D eigenvalue weighted by Crippen LogP contribution is -2.56. The van der Waals surface area contributed by atoms with Gasteiger partial charge in [0.25, 0.3) is 0 Å². The second kappa shape index (κ2) is 4.85. The fourth-order valence-electron chi connectivity index (χ4n) is 7.37. The molecule has 28 heavy (non-hydrogen) atoms. The maximum Gasteiger partial charge on any atom is 0.0684 e. The van der Waals surface area contributed by atoms with Gasteiger partial charge in [0.2, 0.25) is 0 Å². The van der Waals surface area contributed by atoms with E-state index >= 15 is 0 Å². The number of rotatable bonds is 0. The third-order valence-electron chi connectivity index (χ3n) is 8.23. The Morgan fingerprint density at radius 1 is 0.714 bits per heavy atom. The lowest BCUT2D eigenvalue weighted by atomic mass is 9.45. The first kappa shape index (κ1) is 15.3. The Morgan fingerprint density at radius 2 is 1.29 bits per heavy atom. The molecular formula is C27H22O. The first-order valence-corrected chi connectivity index (χ1v) is 10.4. The third-order valence-corrected chi connectivity index (χ3v) is 8.23. The van der Waals surface area contributed by atoms with Gasteiger partial charge in [-0.25, -0.2) is 0 Å². The molecule has 8 rings (SSSR count). The van der Waals surface area contributed by atoms with E-state index in [1.165, 1.54) is 33.4 Å². The van der Waals surface area contributed by atoms with Gasteiger partial charge in [-0.2, -0.15) is 0 Å². The lowest BCUT2D eigenvalue weighted by Gasteiger charge is -2.57. The number of hydrogen-bond donors (Lipinski definition) is 1. The molecule has 1 N–H and O–H groups in total. The van der Waals surface area contributed by atoms with Crippen LogP contribution in [0.5, 0.6) is 0 Å². The van der Waals surface area contributed by atoms with E-state index in [2.05, 4.69) is 84.9 Å². The van der Waals surface area contributed by atoms with Gasteiger partial charge >= 0.3 is 0 Å². The quantitative estimate of drug-likeness (QED) is 0.547. The minimum Gasteiger partial charge on any atom is -0.392 e. The highest BCUT2D eigenvalue weighted by molar-refractivity contribution is 5.70. The summed E-state index contributed by atoms with van der Waals surface area (Å²) < 4.78 is 0. The highest BCUT2D eigenvalue weighted by Crippen LogP contribution is 2.70. The fraction of sp³-hybridized carbons (Fsp3) is 0.259. The summed E-state index contributed by atoms with van der Waals surface area (Å²) in [6.45, 7) is 0. The van der Waals surface area contributed by atoms with Gasteiger partial charge in [-0.3, -0.25) is 0 Å². The minimum absolute atomic E-state index is 0.200. The summed E-state index contributed by atoms with van der Waals surface area (Å²) in [4.78, 5) is 0. The van der Waals surface area contributed by atoms with E-state index in [9.17, 15) is 5.11 Å². The zero-order chi connectivity index (χ0) is 18.5. The first-order valence-electron chi connectivity index (χ1n) is 10.4. The van der Waals surface area contributed by atoms with Crippen molar-refractivity contribution in [3.05, 3.63) is 118 Å². The normalized spacial score (nSPS) is 35.5. The van der Waals surface area contributed by atoms with Crippen molar-refractivity contribution in [2.45, 2.75) is 41.6 Å². The summed E-state index contributed by atoms with van der Waals surface area (Å²) in [6.07, 6.45) is 6.26. The number of aliphatic hydroxyl groups is 1. The van der Waals surface area contributed by atoms with E-state index in [1.54, 1.807) is 0 Å². The molecule has 1 heteroatoms. The molecule has 1 saturated carbocycles. The van der Waals surface area contributed by atoms with Crippen molar-refractivity contribution in [1.82, 2.24) is 0 Å². The Balaban J connectivity index is 1.75. The van der Waals surface area contributed by atoms with E-state index in [0.717, 1.165) is 12.8 Å². The fourth-order valence-corrected chi connectivity index (χ4v) is 7.37. The van der Waals surface area contributed by atoms with E-state index in [1.807, 2.05) is 0 Å². The molecule has 0 aromatic heterocycles. The maximum atomic E-state index is 11.6. The highest BCUT2D eigenvalue weighted by Gasteiger charge is 2.67. The monoisotopic (exact) mass is 362 g/mol. The predicted octanol–water partition coefficient (Wildman–Crippen LogP) is 5.18. The van der Waals surface area contributed by atoms with Crippen molar-refractivity contribution in [3.63, 3.8) is 0 Å². The average Bonchev–Trinajstić information content (AvgIpc) is 3.00. The Kier molecular flexibility index (Phi) is 2.65. The molecule has 0 unspecified atom stereocenters. The SMILES string of the molecule is O[C@H]1CCC23c4ccccc4C(c4ccccc42)[C@@H]2C=C[C@]13c1ccccc12. The first-order chi connectivity index (χ1) is 13.8. The van der Waals surface area contributed by atoms with E-state index in [0.29, 0.717) is 11.8 Å². The average molecular weight is 362 g/mol. The van der Waals surface area contributed by atoms with Gasteiger partial charge in [-0.05, 0) is 46.2 Å². The van der Waals surface area contributed by atoms with Crippen LogP contribution in [0.2, 0.25) is 0 Å². The molecule has 5 aliphatic carbocycles. The lowest BCUT2D eigenvalue weighted by molar-refractivity contribution is 0.107. The van der Waals surface area contributed by atoms with Gasteiger partial charge in [0.05, 0.1) is 11.5 Å². The van der Waals surface area contributed by atoms with Gasteiger partial charge in [-0.15, -0.1) is 0 Å². The summed E-state index contributed by atoms with van der Waals surface area (Å²) in [5, 5.41) is 11.6. The Hall–Kier alpha value is -2.64. The van der Waals surface area contributed by atoms with Crippen molar-refractivity contribution in [2.75, 3.05) is 0 Å². The second-order valence-electron chi connectivity index (χ2n) is 8.95. The third kappa shape index (κ3) is 1.40. The van der Waals surface area contributed by atoms with Crippen molar-refractivity contribution < 1.29 is 5.11 Å². The van der Waals surface area contributed by atoms with Crippen LogP contribution in [-0.4, -0.2) is 11.2 Å². The molecule has 1 nitrogen and oxygen atoms in total. The van der Waals surface area contributed by atoms with Crippen LogP contribution in [0.25, 0.3) is 0 Å². The molecule has 2 spiro atoms. The van der Waals surface area contributed by atoms with Crippen LogP contribution in [0, 0.1) is 0 Å². The van der Waals surface area contributed by atoms with Gasteiger partial charge < -0.3 is 5.11 Å². The number of hydrogen-bond acceptors (Lipinski definition) is 1. The number of aliphatic hydroxyl groups excluding tert-OH is 1. The highest BCUT2D eigenvalue weighted by atomic mass is 16.3. The van der Waals surface area contributed by atoms with Crippen LogP contribution < -0.4 is 0 Å². The molecule has 1 fully saturated rings. The summed E-state index contributed by atoms with van der Waals surface area (Å²) in [6, 6.07) is 27.0. The molecule has 0 saturated heterocycles. The zero-order valence-electron chi connectivity index (χ0n) is 15.7.